The quantitative estimate of drug-likeness (QED) is 0.561. The van der Waals surface area contributed by atoms with Crippen LogP contribution >= 0.6 is 0 Å². The Morgan fingerprint density at radius 1 is 1.03 bits per heavy atom. The first kappa shape index (κ1) is 21.2. The molecule has 0 saturated heterocycles. The van der Waals surface area contributed by atoms with E-state index in [1.165, 1.54) is 4.90 Å². The van der Waals surface area contributed by atoms with E-state index in [4.69, 9.17) is 18.7 Å². The summed E-state index contributed by atoms with van der Waals surface area (Å²) < 4.78 is 21.5. The molecular weight excluding hydrogens is 386 g/mol. The zero-order valence-electron chi connectivity index (χ0n) is 17.8. The van der Waals surface area contributed by atoms with Crippen molar-refractivity contribution in [2.24, 2.45) is 0 Å². The van der Waals surface area contributed by atoms with Gasteiger partial charge in [0, 0.05) is 12.6 Å². The van der Waals surface area contributed by atoms with Crippen LogP contribution in [0.25, 0.3) is 11.4 Å². The Hall–Kier alpha value is -3.55. The van der Waals surface area contributed by atoms with Crippen molar-refractivity contribution < 1.29 is 23.5 Å². The molecule has 3 aromatic rings. The van der Waals surface area contributed by atoms with Crippen LogP contribution in [0.3, 0.4) is 0 Å². The number of rotatable bonds is 8. The van der Waals surface area contributed by atoms with Crippen molar-refractivity contribution in [1.82, 2.24) is 15.0 Å². The van der Waals surface area contributed by atoms with Crippen LogP contribution in [0.4, 0.5) is 0 Å². The summed E-state index contributed by atoms with van der Waals surface area (Å²) in [6, 6.07) is 11.2. The van der Waals surface area contributed by atoms with Gasteiger partial charge in [0.1, 0.15) is 5.75 Å². The molecular formula is C22H25N3O5. The third-order valence-electron chi connectivity index (χ3n) is 4.47. The van der Waals surface area contributed by atoms with Crippen molar-refractivity contribution in [3.63, 3.8) is 0 Å². The topological polar surface area (TPSA) is 86.9 Å². The molecule has 158 valence electrons. The molecule has 0 saturated carbocycles. The predicted octanol–water partition coefficient (Wildman–Crippen LogP) is 3.41. The molecule has 2 aromatic carbocycles. The van der Waals surface area contributed by atoms with Gasteiger partial charge in [-0.3, -0.25) is 4.79 Å². The summed E-state index contributed by atoms with van der Waals surface area (Å²) in [6.07, 6.45) is 0. The molecule has 0 aliphatic heterocycles. The molecule has 1 aromatic heterocycles. The first-order chi connectivity index (χ1) is 14.4. The molecule has 0 N–H and O–H groups in total. The van der Waals surface area contributed by atoms with E-state index >= 15 is 0 Å². The zero-order chi connectivity index (χ0) is 21.7. The first-order valence-corrected chi connectivity index (χ1v) is 9.39. The Labute approximate surface area is 175 Å². The number of ether oxygens (including phenoxy) is 3. The minimum Gasteiger partial charge on any atom is -0.493 e. The van der Waals surface area contributed by atoms with Crippen molar-refractivity contribution in [3.05, 3.63) is 53.4 Å². The fraction of sp³-hybridized carbons (Fsp3) is 0.318. The van der Waals surface area contributed by atoms with Gasteiger partial charge in [-0.2, -0.15) is 4.98 Å². The van der Waals surface area contributed by atoms with Gasteiger partial charge >= 0.3 is 0 Å². The number of hydrogen-bond acceptors (Lipinski definition) is 7. The molecule has 1 amide bonds. The summed E-state index contributed by atoms with van der Waals surface area (Å²) in [4.78, 5) is 18.2. The van der Waals surface area contributed by atoms with E-state index in [1.807, 2.05) is 38.1 Å². The van der Waals surface area contributed by atoms with Crippen LogP contribution in [0, 0.1) is 13.8 Å². The number of aromatic nitrogens is 2. The average molecular weight is 411 g/mol. The number of benzene rings is 2. The predicted molar refractivity (Wildman–Crippen MR) is 111 cm³/mol. The summed E-state index contributed by atoms with van der Waals surface area (Å²) in [7, 11) is 4.79. The SMILES string of the molecule is COc1ccc(-c2noc(CN(C)C(=O)COc3cc(C)cc(C)c3)n2)cc1OC. The molecule has 0 fully saturated rings. The Morgan fingerprint density at radius 2 is 1.73 bits per heavy atom. The lowest BCUT2D eigenvalue weighted by molar-refractivity contribution is -0.132. The lowest BCUT2D eigenvalue weighted by Crippen LogP contribution is -2.31. The normalized spacial score (nSPS) is 10.6. The van der Waals surface area contributed by atoms with Gasteiger partial charge in [0.2, 0.25) is 11.7 Å². The third kappa shape index (κ3) is 5.08. The monoisotopic (exact) mass is 411 g/mol. The fourth-order valence-electron chi connectivity index (χ4n) is 2.97. The largest absolute Gasteiger partial charge is 0.493 e. The number of amides is 1. The second-order valence-electron chi connectivity index (χ2n) is 6.94. The minimum atomic E-state index is -0.194. The van der Waals surface area contributed by atoms with E-state index in [2.05, 4.69) is 10.1 Å². The van der Waals surface area contributed by atoms with Crippen molar-refractivity contribution in [2.75, 3.05) is 27.9 Å². The molecule has 0 radical (unpaired) electrons. The van der Waals surface area contributed by atoms with Gasteiger partial charge in [-0.1, -0.05) is 11.2 Å². The molecule has 8 nitrogen and oxygen atoms in total. The maximum Gasteiger partial charge on any atom is 0.260 e. The third-order valence-corrected chi connectivity index (χ3v) is 4.47. The van der Waals surface area contributed by atoms with Crippen molar-refractivity contribution in [1.29, 1.82) is 0 Å². The molecule has 1 heterocycles. The highest BCUT2D eigenvalue weighted by Gasteiger charge is 2.16. The first-order valence-electron chi connectivity index (χ1n) is 9.39. The van der Waals surface area contributed by atoms with Gasteiger partial charge in [-0.25, -0.2) is 0 Å². The molecule has 0 unspecified atom stereocenters. The molecule has 0 aliphatic carbocycles. The number of likely N-dealkylation sites (N-methyl/N-ethyl adjacent to an activating group) is 1. The van der Waals surface area contributed by atoms with Crippen LogP contribution in [0.15, 0.2) is 40.9 Å². The second kappa shape index (κ2) is 9.30. The number of carbonyl (C=O) groups is 1. The number of carbonyl (C=O) groups excluding carboxylic acids is 1. The van der Waals surface area contributed by atoms with E-state index in [1.54, 1.807) is 33.4 Å². The van der Waals surface area contributed by atoms with Gasteiger partial charge in [-0.15, -0.1) is 0 Å². The number of nitrogens with zero attached hydrogens (tertiary/aromatic N) is 3. The lowest BCUT2D eigenvalue weighted by Gasteiger charge is -2.15. The van der Waals surface area contributed by atoms with E-state index in [9.17, 15) is 4.79 Å². The molecule has 0 spiro atoms. The van der Waals surface area contributed by atoms with Gasteiger partial charge < -0.3 is 23.6 Å². The van der Waals surface area contributed by atoms with Crippen molar-refractivity contribution >= 4 is 5.91 Å². The summed E-state index contributed by atoms with van der Waals surface area (Å²) in [5, 5.41) is 3.99. The standard InChI is InChI=1S/C22H25N3O5/c1-14-8-15(2)10-17(9-14)29-13-21(26)25(3)12-20-23-22(24-30-20)16-6-7-18(27-4)19(11-16)28-5/h6-11H,12-13H2,1-5H3. The molecule has 0 atom stereocenters. The van der Waals surface area contributed by atoms with Crippen LogP contribution in [0.5, 0.6) is 17.2 Å². The molecule has 0 aliphatic rings. The van der Waals surface area contributed by atoms with Crippen LogP contribution in [-0.2, 0) is 11.3 Å². The summed E-state index contributed by atoms with van der Waals surface area (Å²) in [5.74, 6) is 2.37. The van der Waals surface area contributed by atoms with Crippen LogP contribution in [0.1, 0.15) is 17.0 Å². The smallest absolute Gasteiger partial charge is 0.260 e. The van der Waals surface area contributed by atoms with Gasteiger partial charge in [0.15, 0.2) is 18.1 Å². The number of methoxy groups -OCH3 is 2. The van der Waals surface area contributed by atoms with Crippen LogP contribution in [-0.4, -0.2) is 48.8 Å². The van der Waals surface area contributed by atoms with Gasteiger partial charge in [0.25, 0.3) is 5.91 Å². The van der Waals surface area contributed by atoms with Gasteiger partial charge in [-0.05, 0) is 55.3 Å². The van der Waals surface area contributed by atoms with Crippen LogP contribution < -0.4 is 14.2 Å². The Morgan fingerprint density at radius 3 is 2.40 bits per heavy atom. The van der Waals surface area contributed by atoms with E-state index < -0.39 is 0 Å². The highest BCUT2D eigenvalue weighted by atomic mass is 16.5. The maximum atomic E-state index is 12.4. The van der Waals surface area contributed by atoms with Gasteiger partial charge in [0.05, 0.1) is 20.8 Å². The fourth-order valence-corrected chi connectivity index (χ4v) is 2.97. The Bertz CT molecular complexity index is 1010. The molecule has 8 heteroatoms. The Kier molecular flexibility index (Phi) is 6.56. The number of aryl methyl sites for hydroxylation is 2. The van der Waals surface area contributed by atoms with E-state index in [0.717, 1.165) is 16.7 Å². The maximum absolute atomic E-state index is 12.4. The van der Waals surface area contributed by atoms with E-state index in [-0.39, 0.29) is 19.1 Å². The minimum absolute atomic E-state index is 0.0733. The molecule has 3 rings (SSSR count). The van der Waals surface area contributed by atoms with Crippen molar-refractivity contribution in [3.8, 4) is 28.6 Å². The Balaban J connectivity index is 1.61. The summed E-state index contributed by atoms with van der Waals surface area (Å²) >= 11 is 0. The number of hydrogen-bond donors (Lipinski definition) is 0. The van der Waals surface area contributed by atoms with Crippen LogP contribution in [0.2, 0.25) is 0 Å². The molecule has 0 bridgehead atoms. The summed E-state index contributed by atoms with van der Waals surface area (Å²) in [5.41, 5.74) is 2.88. The lowest BCUT2D eigenvalue weighted by atomic mass is 10.1. The second-order valence-corrected chi connectivity index (χ2v) is 6.94. The van der Waals surface area contributed by atoms with Crippen molar-refractivity contribution in [2.45, 2.75) is 20.4 Å². The highest BCUT2D eigenvalue weighted by Crippen LogP contribution is 2.31. The highest BCUT2D eigenvalue weighted by molar-refractivity contribution is 5.77. The zero-order valence-corrected chi connectivity index (χ0v) is 17.8. The van der Waals surface area contributed by atoms with E-state index in [0.29, 0.717) is 29.0 Å². The average Bonchev–Trinajstić information content (AvgIpc) is 3.19. The molecule has 30 heavy (non-hydrogen) atoms. The summed E-state index contributed by atoms with van der Waals surface area (Å²) in [6.45, 7) is 4.07.